The van der Waals surface area contributed by atoms with Crippen LogP contribution >= 0.6 is 23.4 Å². The van der Waals surface area contributed by atoms with Crippen molar-refractivity contribution in [1.82, 2.24) is 5.32 Å². The molecule has 11 heavy (non-hydrogen) atoms. The Morgan fingerprint density at radius 1 is 1.82 bits per heavy atom. The fourth-order valence-electron chi connectivity index (χ4n) is 0.268. The molecule has 1 amide bonds. The van der Waals surface area contributed by atoms with Gasteiger partial charge in [0.05, 0.1) is 0 Å². The minimum absolute atomic E-state index is 0.219. The summed E-state index contributed by atoms with van der Waals surface area (Å²) in [7, 11) is 1.44. The van der Waals surface area contributed by atoms with Crippen LogP contribution in [0.25, 0.3) is 0 Å². The number of carbonyl (C=O) groups is 1. The Hall–Kier alpha value is -0.420. The molecule has 4 nitrogen and oxygen atoms in total. The molecule has 0 aliphatic heterocycles. The van der Waals surface area contributed by atoms with E-state index in [2.05, 4.69) is 15.3 Å². The average Bonchev–Trinajstić information content (AvgIpc) is 2.01. The highest BCUT2D eigenvalue weighted by Gasteiger charge is 1.97. The molecule has 0 saturated heterocycles. The van der Waals surface area contributed by atoms with Crippen molar-refractivity contribution in [2.75, 3.05) is 12.8 Å². The van der Waals surface area contributed by atoms with E-state index >= 15 is 0 Å². The van der Waals surface area contributed by atoms with Gasteiger partial charge in [-0.3, -0.25) is 4.84 Å². The largest absolute Gasteiger partial charge is 0.433 e. The highest BCUT2D eigenvalue weighted by molar-refractivity contribution is 8.16. The lowest BCUT2D eigenvalue weighted by Gasteiger charge is -1.95. The van der Waals surface area contributed by atoms with Gasteiger partial charge in [-0.25, -0.2) is 4.79 Å². The first-order valence-electron chi connectivity index (χ1n) is 2.95. The zero-order valence-electron chi connectivity index (χ0n) is 6.26. The Morgan fingerprint density at radius 2 is 2.45 bits per heavy atom. The third kappa shape index (κ3) is 6.00. The number of nitrogens with one attached hydrogen (secondary N) is 1. The molecule has 0 saturated carbocycles. The maximum Gasteiger partial charge on any atom is 0.433 e. The van der Waals surface area contributed by atoms with Crippen molar-refractivity contribution < 1.29 is 9.63 Å². The quantitative estimate of drug-likeness (QED) is 0.316. The third-order valence-corrected chi connectivity index (χ3v) is 1.67. The summed E-state index contributed by atoms with van der Waals surface area (Å²) < 4.78 is 0.219. The second kappa shape index (κ2) is 6.30. The molecule has 0 aliphatic carbocycles. The molecule has 0 aliphatic rings. The van der Waals surface area contributed by atoms with Crippen LogP contribution in [0.1, 0.15) is 6.92 Å². The topological polar surface area (TPSA) is 50.7 Å². The molecule has 0 spiro atoms. The Balaban J connectivity index is 3.63. The molecule has 0 bridgehead atoms. The number of amides is 1. The van der Waals surface area contributed by atoms with Crippen LogP contribution in [0.15, 0.2) is 5.16 Å². The number of thioether (sulfide) groups is 1. The van der Waals surface area contributed by atoms with Crippen LogP contribution in [0.5, 0.6) is 0 Å². The Labute approximate surface area is 74.3 Å². The summed E-state index contributed by atoms with van der Waals surface area (Å²) in [5, 5.41) is 5.54. The lowest BCUT2D eigenvalue weighted by Crippen LogP contribution is -2.16. The second-order valence-corrected chi connectivity index (χ2v) is 3.24. The number of halogens is 1. The summed E-state index contributed by atoms with van der Waals surface area (Å²) in [6.45, 7) is 1.92. The first kappa shape index (κ1) is 10.6. The number of nitrogens with zero attached hydrogens (tertiary/aromatic N) is 1. The van der Waals surface area contributed by atoms with Gasteiger partial charge in [0.2, 0.25) is 4.50 Å². The van der Waals surface area contributed by atoms with Crippen molar-refractivity contribution in [3.8, 4) is 0 Å². The van der Waals surface area contributed by atoms with Gasteiger partial charge < -0.3 is 5.32 Å². The fraction of sp³-hybridized carbons (Fsp3) is 0.600. The maximum atomic E-state index is 10.4. The highest BCUT2D eigenvalue weighted by atomic mass is 35.5. The van der Waals surface area contributed by atoms with Crippen LogP contribution in [-0.4, -0.2) is 23.4 Å². The molecule has 6 heteroatoms. The van der Waals surface area contributed by atoms with Gasteiger partial charge in [-0.05, 0) is 5.75 Å². The van der Waals surface area contributed by atoms with Gasteiger partial charge in [-0.2, -0.15) is 0 Å². The molecule has 0 heterocycles. The number of oxime groups is 1. The molecule has 1 N–H and O–H groups in total. The number of carbonyl (C=O) groups excluding carboxylic acids is 1. The van der Waals surface area contributed by atoms with Gasteiger partial charge in [0.15, 0.2) is 0 Å². The van der Waals surface area contributed by atoms with Crippen molar-refractivity contribution in [2.24, 2.45) is 5.16 Å². The minimum atomic E-state index is -0.625. The molecule has 0 aromatic rings. The number of hydrogen-bond donors (Lipinski definition) is 1. The Kier molecular flexibility index (Phi) is 6.06. The van der Waals surface area contributed by atoms with Gasteiger partial charge in [-0.1, -0.05) is 35.4 Å². The lowest BCUT2D eigenvalue weighted by atomic mass is 11.0. The van der Waals surface area contributed by atoms with Crippen molar-refractivity contribution >= 4 is 34.0 Å². The van der Waals surface area contributed by atoms with Gasteiger partial charge in [0.1, 0.15) is 0 Å². The van der Waals surface area contributed by atoms with Gasteiger partial charge >= 0.3 is 6.09 Å². The summed E-state index contributed by atoms with van der Waals surface area (Å²) in [5.74, 6) is 0.791. The van der Waals surface area contributed by atoms with Gasteiger partial charge in [0, 0.05) is 7.05 Å². The smallest absolute Gasteiger partial charge is 0.323 e. The van der Waals surface area contributed by atoms with Crippen molar-refractivity contribution in [3.63, 3.8) is 0 Å². The van der Waals surface area contributed by atoms with E-state index in [0.717, 1.165) is 5.75 Å². The summed E-state index contributed by atoms with van der Waals surface area (Å²) >= 11 is 6.78. The summed E-state index contributed by atoms with van der Waals surface area (Å²) in [5.41, 5.74) is 0. The monoisotopic (exact) mass is 196 g/mol. The molecule has 0 rings (SSSR count). The van der Waals surface area contributed by atoms with E-state index in [9.17, 15) is 4.79 Å². The predicted octanol–water partition coefficient (Wildman–Crippen LogP) is 1.61. The molecule has 0 unspecified atom stereocenters. The first-order chi connectivity index (χ1) is 5.20. The average molecular weight is 197 g/mol. The van der Waals surface area contributed by atoms with Crippen LogP contribution in [0, 0.1) is 0 Å². The second-order valence-electron chi connectivity index (χ2n) is 1.41. The number of rotatable bonds is 2. The normalized spacial score (nSPS) is 11.0. The van der Waals surface area contributed by atoms with E-state index in [0.29, 0.717) is 0 Å². The lowest BCUT2D eigenvalue weighted by molar-refractivity contribution is 0.154. The summed E-state index contributed by atoms with van der Waals surface area (Å²) in [6, 6.07) is 0. The van der Waals surface area contributed by atoms with Gasteiger partial charge in [0.25, 0.3) is 0 Å². The Bertz CT molecular complexity index is 163. The highest BCUT2D eigenvalue weighted by Crippen LogP contribution is 2.06. The maximum absolute atomic E-state index is 10.4. The minimum Gasteiger partial charge on any atom is -0.323 e. The molecular weight excluding hydrogens is 188 g/mol. The van der Waals surface area contributed by atoms with E-state index in [1.54, 1.807) is 0 Å². The molecule has 0 aromatic heterocycles. The summed E-state index contributed by atoms with van der Waals surface area (Å²) in [6.07, 6.45) is -0.625. The van der Waals surface area contributed by atoms with E-state index in [1.165, 1.54) is 18.8 Å². The molecule has 0 fully saturated rings. The van der Waals surface area contributed by atoms with Crippen LogP contribution in [-0.2, 0) is 4.84 Å². The Morgan fingerprint density at radius 3 is 2.91 bits per heavy atom. The zero-order chi connectivity index (χ0) is 8.69. The van der Waals surface area contributed by atoms with Gasteiger partial charge in [-0.15, -0.1) is 0 Å². The standard InChI is InChI=1S/C5H9ClN2O2S/c1-3-11-4(6)8-10-5(9)7-2/h3H2,1-2H3,(H,7,9)/b8-4+. The molecular formula is C5H9ClN2O2S. The number of hydrogen-bond acceptors (Lipinski definition) is 4. The van der Waals surface area contributed by atoms with Crippen molar-refractivity contribution in [2.45, 2.75) is 6.92 Å². The summed E-state index contributed by atoms with van der Waals surface area (Å²) in [4.78, 5) is 14.7. The van der Waals surface area contributed by atoms with E-state index < -0.39 is 6.09 Å². The fourth-order valence-corrected chi connectivity index (χ4v) is 0.958. The van der Waals surface area contributed by atoms with Crippen LogP contribution < -0.4 is 5.32 Å². The first-order valence-corrected chi connectivity index (χ1v) is 4.32. The zero-order valence-corrected chi connectivity index (χ0v) is 7.83. The molecule has 0 radical (unpaired) electrons. The SMILES string of the molecule is CCS/C(Cl)=N/OC(=O)NC. The van der Waals surface area contributed by atoms with E-state index in [4.69, 9.17) is 11.6 Å². The molecule has 64 valence electrons. The van der Waals surface area contributed by atoms with Crippen molar-refractivity contribution in [1.29, 1.82) is 0 Å². The van der Waals surface area contributed by atoms with Crippen LogP contribution in [0.3, 0.4) is 0 Å². The van der Waals surface area contributed by atoms with E-state index in [1.807, 2.05) is 6.92 Å². The third-order valence-electron chi connectivity index (χ3n) is 0.668. The van der Waals surface area contributed by atoms with E-state index in [-0.39, 0.29) is 4.50 Å². The van der Waals surface area contributed by atoms with Crippen LogP contribution in [0.4, 0.5) is 4.79 Å². The predicted molar refractivity (Wildman–Crippen MR) is 47.0 cm³/mol. The molecule has 0 atom stereocenters. The van der Waals surface area contributed by atoms with Crippen molar-refractivity contribution in [3.05, 3.63) is 0 Å². The van der Waals surface area contributed by atoms with Crippen LogP contribution in [0.2, 0.25) is 0 Å². The molecule has 0 aromatic carbocycles.